The summed E-state index contributed by atoms with van der Waals surface area (Å²) in [6.45, 7) is 5.55. The summed E-state index contributed by atoms with van der Waals surface area (Å²) in [6.07, 6.45) is 3.91. The van der Waals surface area contributed by atoms with Crippen LogP contribution in [0.1, 0.15) is 18.9 Å². The summed E-state index contributed by atoms with van der Waals surface area (Å²) >= 11 is 0. The van der Waals surface area contributed by atoms with E-state index in [2.05, 4.69) is 15.6 Å². The second kappa shape index (κ2) is 6.14. The Balaban J connectivity index is 2.41. The first kappa shape index (κ1) is 11.7. The van der Waals surface area contributed by atoms with Crippen LogP contribution in [0.2, 0.25) is 0 Å². The number of hydrogen-bond donors (Lipinski definition) is 2. The summed E-state index contributed by atoms with van der Waals surface area (Å²) < 4.78 is 0. The number of pyridine rings is 1. The van der Waals surface area contributed by atoms with Crippen molar-refractivity contribution >= 4 is 11.6 Å². The molecule has 0 atom stereocenters. The maximum absolute atomic E-state index is 11.5. The van der Waals surface area contributed by atoms with Crippen LogP contribution >= 0.6 is 0 Å². The molecule has 82 valence electrons. The number of amides is 1. The highest BCUT2D eigenvalue weighted by atomic mass is 16.1. The highest BCUT2D eigenvalue weighted by molar-refractivity contribution is 5.91. The summed E-state index contributed by atoms with van der Waals surface area (Å²) in [4.78, 5) is 15.4. The van der Waals surface area contributed by atoms with Gasteiger partial charge in [0.05, 0.1) is 0 Å². The van der Waals surface area contributed by atoms with Crippen molar-refractivity contribution in [3.63, 3.8) is 0 Å². The molecule has 0 unspecified atom stereocenters. The number of anilines is 1. The predicted molar refractivity (Wildman–Crippen MR) is 60.8 cm³/mol. The van der Waals surface area contributed by atoms with Crippen molar-refractivity contribution in [2.45, 2.75) is 20.3 Å². The van der Waals surface area contributed by atoms with Gasteiger partial charge in [-0.05, 0) is 25.1 Å². The highest BCUT2D eigenvalue weighted by Gasteiger charge is 2.03. The van der Waals surface area contributed by atoms with Crippen LogP contribution in [0.4, 0.5) is 5.69 Å². The Kier molecular flexibility index (Phi) is 4.77. The first-order valence-corrected chi connectivity index (χ1v) is 5.15. The van der Waals surface area contributed by atoms with Gasteiger partial charge in [0.25, 0.3) is 0 Å². The van der Waals surface area contributed by atoms with Gasteiger partial charge in [-0.1, -0.05) is 6.92 Å². The smallest absolute Gasteiger partial charge is 0.225 e. The van der Waals surface area contributed by atoms with E-state index in [0.717, 1.165) is 17.8 Å². The van der Waals surface area contributed by atoms with Crippen LogP contribution in [0.15, 0.2) is 18.5 Å². The molecule has 4 nitrogen and oxygen atoms in total. The molecule has 1 heterocycles. The molecule has 0 aliphatic heterocycles. The van der Waals surface area contributed by atoms with E-state index in [1.165, 1.54) is 0 Å². The third-order valence-corrected chi connectivity index (χ3v) is 2.07. The van der Waals surface area contributed by atoms with Crippen molar-refractivity contribution in [2.75, 3.05) is 18.4 Å². The second-order valence-electron chi connectivity index (χ2n) is 3.34. The van der Waals surface area contributed by atoms with Gasteiger partial charge < -0.3 is 10.6 Å². The molecule has 0 radical (unpaired) electrons. The third-order valence-electron chi connectivity index (χ3n) is 2.07. The topological polar surface area (TPSA) is 54.0 Å². The molecule has 0 fully saturated rings. The van der Waals surface area contributed by atoms with Gasteiger partial charge in [0, 0.05) is 31.0 Å². The standard InChI is InChI=1S/C11H17N3O/c1-3-12-7-5-11(15)14-10-4-6-13-8-9(10)2/h4,6,8,12H,3,5,7H2,1-2H3,(H,13,14,15). The average Bonchev–Trinajstić information content (AvgIpc) is 2.22. The summed E-state index contributed by atoms with van der Waals surface area (Å²) in [5.41, 5.74) is 1.82. The Labute approximate surface area is 90.1 Å². The highest BCUT2D eigenvalue weighted by Crippen LogP contribution is 2.11. The fraction of sp³-hybridized carbons (Fsp3) is 0.455. The summed E-state index contributed by atoms with van der Waals surface area (Å²) in [7, 11) is 0. The minimum atomic E-state index is 0.0326. The lowest BCUT2D eigenvalue weighted by atomic mass is 10.2. The van der Waals surface area contributed by atoms with E-state index in [0.29, 0.717) is 13.0 Å². The van der Waals surface area contributed by atoms with Crippen LogP contribution in [0.25, 0.3) is 0 Å². The fourth-order valence-electron chi connectivity index (χ4n) is 1.21. The zero-order valence-electron chi connectivity index (χ0n) is 9.21. The first-order chi connectivity index (χ1) is 7.24. The molecule has 1 aromatic rings. The van der Waals surface area contributed by atoms with Gasteiger partial charge in [0.1, 0.15) is 0 Å². The molecule has 15 heavy (non-hydrogen) atoms. The summed E-state index contributed by atoms with van der Waals surface area (Å²) in [5.74, 6) is 0.0326. The zero-order valence-corrected chi connectivity index (χ0v) is 9.21. The van der Waals surface area contributed by atoms with Gasteiger partial charge in [-0.2, -0.15) is 0 Å². The van der Waals surface area contributed by atoms with Crippen molar-refractivity contribution in [2.24, 2.45) is 0 Å². The van der Waals surface area contributed by atoms with Crippen molar-refractivity contribution in [1.29, 1.82) is 0 Å². The van der Waals surface area contributed by atoms with E-state index in [9.17, 15) is 4.79 Å². The van der Waals surface area contributed by atoms with Crippen LogP contribution in [0.3, 0.4) is 0 Å². The summed E-state index contributed by atoms with van der Waals surface area (Å²) in [5, 5.41) is 5.96. The van der Waals surface area contributed by atoms with Crippen LogP contribution < -0.4 is 10.6 Å². The second-order valence-corrected chi connectivity index (χ2v) is 3.34. The lowest BCUT2D eigenvalue weighted by molar-refractivity contribution is -0.116. The van der Waals surface area contributed by atoms with Gasteiger partial charge in [-0.15, -0.1) is 0 Å². The molecule has 0 aliphatic rings. The van der Waals surface area contributed by atoms with E-state index >= 15 is 0 Å². The minimum Gasteiger partial charge on any atom is -0.326 e. The molecular formula is C11H17N3O. The van der Waals surface area contributed by atoms with Gasteiger partial charge in [-0.25, -0.2) is 0 Å². The molecule has 1 amide bonds. The molecule has 0 aliphatic carbocycles. The molecule has 1 rings (SSSR count). The van der Waals surface area contributed by atoms with Crippen molar-refractivity contribution in [3.8, 4) is 0 Å². The van der Waals surface area contributed by atoms with Gasteiger partial charge in [0.15, 0.2) is 0 Å². The third kappa shape index (κ3) is 4.08. The number of carbonyl (C=O) groups is 1. The molecule has 0 aromatic carbocycles. The molecule has 1 aromatic heterocycles. The number of aromatic nitrogens is 1. The first-order valence-electron chi connectivity index (χ1n) is 5.15. The van der Waals surface area contributed by atoms with E-state index in [1.54, 1.807) is 18.5 Å². The normalized spacial score (nSPS) is 10.0. The van der Waals surface area contributed by atoms with Gasteiger partial charge in [-0.3, -0.25) is 9.78 Å². The van der Waals surface area contributed by atoms with Crippen molar-refractivity contribution in [1.82, 2.24) is 10.3 Å². The Morgan fingerprint density at radius 2 is 2.33 bits per heavy atom. The Bertz CT molecular complexity index is 325. The number of aryl methyl sites for hydroxylation is 1. The van der Waals surface area contributed by atoms with Crippen LogP contribution in [-0.4, -0.2) is 24.0 Å². The van der Waals surface area contributed by atoms with Crippen LogP contribution in [-0.2, 0) is 4.79 Å². The fourth-order valence-corrected chi connectivity index (χ4v) is 1.21. The number of nitrogens with zero attached hydrogens (tertiary/aromatic N) is 1. The molecular weight excluding hydrogens is 190 g/mol. The summed E-state index contributed by atoms with van der Waals surface area (Å²) in [6, 6.07) is 1.81. The Morgan fingerprint density at radius 3 is 3.00 bits per heavy atom. The van der Waals surface area contributed by atoms with Crippen molar-refractivity contribution < 1.29 is 4.79 Å². The predicted octanol–water partition coefficient (Wildman–Crippen LogP) is 1.33. The average molecular weight is 207 g/mol. The van der Waals surface area contributed by atoms with Gasteiger partial charge >= 0.3 is 0 Å². The molecule has 0 saturated carbocycles. The van der Waals surface area contributed by atoms with E-state index in [1.807, 2.05) is 13.8 Å². The van der Waals surface area contributed by atoms with Gasteiger partial charge in [0.2, 0.25) is 5.91 Å². The largest absolute Gasteiger partial charge is 0.326 e. The van der Waals surface area contributed by atoms with Crippen LogP contribution in [0.5, 0.6) is 0 Å². The number of carbonyl (C=O) groups excluding carboxylic acids is 1. The van der Waals surface area contributed by atoms with Crippen molar-refractivity contribution in [3.05, 3.63) is 24.0 Å². The Hall–Kier alpha value is -1.42. The number of rotatable bonds is 5. The van der Waals surface area contributed by atoms with E-state index in [4.69, 9.17) is 0 Å². The monoisotopic (exact) mass is 207 g/mol. The quantitative estimate of drug-likeness (QED) is 0.716. The van der Waals surface area contributed by atoms with Crippen LogP contribution in [0, 0.1) is 6.92 Å². The zero-order chi connectivity index (χ0) is 11.1. The number of nitrogens with one attached hydrogen (secondary N) is 2. The number of hydrogen-bond acceptors (Lipinski definition) is 3. The molecule has 4 heteroatoms. The maximum atomic E-state index is 11.5. The SMILES string of the molecule is CCNCCC(=O)Nc1ccncc1C. The molecule has 0 saturated heterocycles. The molecule has 2 N–H and O–H groups in total. The lowest BCUT2D eigenvalue weighted by Gasteiger charge is -2.07. The molecule has 0 spiro atoms. The maximum Gasteiger partial charge on any atom is 0.225 e. The van der Waals surface area contributed by atoms with E-state index < -0.39 is 0 Å². The molecule has 0 bridgehead atoms. The minimum absolute atomic E-state index is 0.0326. The van der Waals surface area contributed by atoms with E-state index in [-0.39, 0.29) is 5.91 Å². The Morgan fingerprint density at radius 1 is 1.53 bits per heavy atom. The lowest BCUT2D eigenvalue weighted by Crippen LogP contribution is -2.21.